The van der Waals surface area contributed by atoms with Crippen LogP contribution in [0.4, 0.5) is 0 Å². The molecule has 0 saturated heterocycles. The smallest absolute Gasteiger partial charge is 1.00 e. The molecule has 0 N–H and O–H groups in total. The third-order valence-corrected chi connectivity index (χ3v) is 5.39. The second kappa shape index (κ2) is 8.66. The van der Waals surface area contributed by atoms with Gasteiger partial charge in [0.15, 0.2) is 5.52 Å². The van der Waals surface area contributed by atoms with E-state index in [-0.39, 0.29) is 34.4 Å². The van der Waals surface area contributed by atoms with E-state index in [1.54, 1.807) is 0 Å². The molecule has 1 nitrogen and oxygen atoms in total. The second-order valence-electron chi connectivity index (χ2n) is 5.33. The number of benzene rings is 3. The van der Waals surface area contributed by atoms with Crippen molar-refractivity contribution in [3.63, 3.8) is 0 Å². The Hall–Kier alpha value is -1.35. The van der Waals surface area contributed by atoms with E-state index in [9.17, 15) is 4.79 Å². The zero-order chi connectivity index (χ0) is 16.2. The molecule has 0 saturated carbocycles. The standard InChI is InChI=1S/C20H16ClOP.Li.H/c1-14-7-5-6-10-17(14)20(22)23-19-12-11-16(13-18(19)21)15-8-3-2-4-9-15;;/h2-13,23H,1H3;;/q;+1;-1. The molecule has 0 aromatic heterocycles. The van der Waals surface area contributed by atoms with Gasteiger partial charge in [-0.2, -0.15) is 0 Å². The van der Waals surface area contributed by atoms with E-state index in [0.29, 0.717) is 5.02 Å². The molecule has 0 aliphatic heterocycles. The van der Waals surface area contributed by atoms with Gasteiger partial charge in [-0.3, -0.25) is 4.79 Å². The number of rotatable bonds is 4. The summed E-state index contributed by atoms with van der Waals surface area (Å²) in [5.41, 5.74) is 4.08. The Kier molecular flexibility index (Phi) is 6.85. The summed E-state index contributed by atoms with van der Waals surface area (Å²) in [5.74, 6) is 0. The van der Waals surface area contributed by atoms with Gasteiger partial charge in [0.05, 0.1) is 0 Å². The predicted molar refractivity (Wildman–Crippen MR) is 101 cm³/mol. The molecule has 0 aliphatic carbocycles. The van der Waals surface area contributed by atoms with Crippen molar-refractivity contribution in [2.24, 2.45) is 0 Å². The van der Waals surface area contributed by atoms with Crippen LogP contribution in [0.5, 0.6) is 0 Å². The van der Waals surface area contributed by atoms with E-state index in [2.05, 4.69) is 0 Å². The van der Waals surface area contributed by atoms with E-state index in [1.165, 1.54) is 0 Å². The molecule has 4 heteroatoms. The van der Waals surface area contributed by atoms with E-state index < -0.39 is 0 Å². The summed E-state index contributed by atoms with van der Waals surface area (Å²) in [4.78, 5) is 12.5. The van der Waals surface area contributed by atoms with Gasteiger partial charge in [-0.05, 0) is 43.6 Å². The third kappa shape index (κ3) is 4.38. The first kappa shape index (κ1) is 19.0. The van der Waals surface area contributed by atoms with Crippen molar-refractivity contribution < 1.29 is 25.1 Å². The molecule has 1 unspecified atom stereocenters. The average molecular weight is 347 g/mol. The van der Waals surface area contributed by atoms with Crippen LogP contribution in [0.1, 0.15) is 17.3 Å². The number of halogens is 1. The van der Waals surface area contributed by atoms with Gasteiger partial charge in [0, 0.05) is 10.6 Å². The van der Waals surface area contributed by atoms with Gasteiger partial charge in [-0.1, -0.05) is 78.3 Å². The van der Waals surface area contributed by atoms with Gasteiger partial charge in [0.1, 0.15) is 0 Å². The van der Waals surface area contributed by atoms with Crippen LogP contribution in [0.2, 0.25) is 5.02 Å². The molecule has 0 heterocycles. The van der Waals surface area contributed by atoms with Gasteiger partial charge in [0.25, 0.3) is 0 Å². The van der Waals surface area contributed by atoms with Gasteiger partial charge in [-0.25, -0.2) is 0 Å². The molecule has 0 spiro atoms. The Labute approximate surface area is 162 Å². The van der Waals surface area contributed by atoms with Crippen molar-refractivity contribution in [2.45, 2.75) is 6.92 Å². The molecule has 3 rings (SSSR count). The Morgan fingerprint density at radius 1 is 0.917 bits per heavy atom. The molecule has 0 aliphatic rings. The van der Waals surface area contributed by atoms with E-state index in [0.717, 1.165) is 27.6 Å². The Balaban J connectivity index is 0.00000156. The minimum absolute atomic E-state index is 0. The monoisotopic (exact) mass is 346 g/mol. The van der Waals surface area contributed by atoms with Gasteiger partial charge < -0.3 is 1.43 Å². The van der Waals surface area contributed by atoms with Crippen LogP contribution in [0.15, 0.2) is 72.8 Å². The summed E-state index contributed by atoms with van der Waals surface area (Å²) in [6.45, 7) is 1.96. The van der Waals surface area contributed by atoms with Gasteiger partial charge in [0.2, 0.25) is 0 Å². The molecule has 3 aromatic carbocycles. The fourth-order valence-electron chi connectivity index (χ4n) is 2.44. The first-order valence-electron chi connectivity index (χ1n) is 7.37. The summed E-state index contributed by atoms with van der Waals surface area (Å²) < 4.78 is 0. The van der Waals surface area contributed by atoms with Crippen LogP contribution in [-0.4, -0.2) is 5.52 Å². The number of aryl methyl sites for hydroxylation is 1. The van der Waals surface area contributed by atoms with E-state index >= 15 is 0 Å². The topological polar surface area (TPSA) is 17.1 Å². The maximum absolute atomic E-state index is 12.5. The zero-order valence-electron chi connectivity index (χ0n) is 14.7. The minimum Gasteiger partial charge on any atom is -1.00 e. The van der Waals surface area contributed by atoms with E-state index in [1.807, 2.05) is 79.7 Å². The largest absolute Gasteiger partial charge is 1.00 e. The summed E-state index contributed by atoms with van der Waals surface area (Å²) >= 11 is 6.41. The second-order valence-corrected chi connectivity index (χ2v) is 6.98. The Bertz CT molecular complexity index is 855. The predicted octanol–water partition coefficient (Wildman–Crippen LogP) is 2.58. The summed E-state index contributed by atoms with van der Waals surface area (Å²) in [5, 5.41) is 1.53. The van der Waals surface area contributed by atoms with Crippen LogP contribution in [0.3, 0.4) is 0 Å². The fraction of sp³-hybridized carbons (Fsp3) is 0.0500. The minimum atomic E-state index is 0. The molecule has 0 radical (unpaired) electrons. The molecule has 1 atom stereocenters. The maximum Gasteiger partial charge on any atom is 1.00 e. The Morgan fingerprint density at radius 3 is 2.25 bits per heavy atom. The van der Waals surface area contributed by atoms with Crippen LogP contribution in [-0.2, 0) is 0 Å². The van der Waals surface area contributed by atoms with Crippen LogP contribution in [0.25, 0.3) is 11.1 Å². The van der Waals surface area contributed by atoms with Crippen molar-refractivity contribution >= 4 is 31.0 Å². The van der Waals surface area contributed by atoms with Crippen molar-refractivity contribution in [1.82, 2.24) is 0 Å². The van der Waals surface area contributed by atoms with Crippen molar-refractivity contribution in [3.8, 4) is 11.1 Å². The summed E-state index contributed by atoms with van der Waals surface area (Å²) in [6.07, 6.45) is 0. The third-order valence-electron chi connectivity index (χ3n) is 3.71. The molecule has 24 heavy (non-hydrogen) atoms. The molecular weight excluding hydrogens is 330 g/mol. The maximum atomic E-state index is 12.5. The molecule has 116 valence electrons. The van der Waals surface area contributed by atoms with Crippen LogP contribution < -0.4 is 24.2 Å². The van der Waals surface area contributed by atoms with Crippen LogP contribution in [0, 0.1) is 6.92 Å². The fourth-order valence-corrected chi connectivity index (χ4v) is 3.78. The number of hydrogen-bond donors (Lipinski definition) is 0. The van der Waals surface area contributed by atoms with Gasteiger partial charge >= 0.3 is 18.9 Å². The number of carbonyl (C=O) groups excluding carboxylic acids is 1. The molecule has 0 amide bonds. The number of carbonyl (C=O) groups is 1. The SMILES string of the molecule is Cc1ccccc1C(=O)Pc1ccc(-c2ccccc2)cc1Cl.[H-].[Li+]. The average Bonchev–Trinajstić information content (AvgIpc) is 2.58. The first-order valence-corrected chi connectivity index (χ1v) is 8.75. The zero-order valence-corrected chi connectivity index (χ0v) is 15.5. The van der Waals surface area contributed by atoms with Crippen molar-refractivity contribution in [3.05, 3.63) is 88.9 Å². The Morgan fingerprint density at radius 2 is 1.58 bits per heavy atom. The van der Waals surface area contributed by atoms with E-state index in [4.69, 9.17) is 11.6 Å². The summed E-state index contributed by atoms with van der Waals surface area (Å²) in [6, 6.07) is 23.7. The van der Waals surface area contributed by atoms with Crippen molar-refractivity contribution in [1.29, 1.82) is 0 Å². The van der Waals surface area contributed by atoms with Crippen molar-refractivity contribution in [2.75, 3.05) is 0 Å². The normalized spacial score (nSPS) is 10.6. The quantitative estimate of drug-likeness (QED) is 0.524. The first-order chi connectivity index (χ1) is 11.1. The molecule has 0 fully saturated rings. The molecule has 3 aromatic rings. The number of hydrogen-bond acceptors (Lipinski definition) is 1. The summed E-state index contributed by atoms with van der Waals surface area (Å²) in [7, 11) is 0.0341. The van der Waals surface area contributed by atoms with Crippen LogP contribution >= 0.6 is 20.2 Å². The molecule has 0 bridgehead atoms. The molecular formula is C20H17ClLiOP. The van der Waals surface area contributed by atoms with Gasteiger partial charge in [-0.15, -0.1) is 0 Å².